The van der Waals surface area contributed by atoms with E-state index in [9.17, 15) is 20.6 Å². The molecule has 266 valence electrons. The standard InChI is InChI=1S/C54H34N2S/c1-3-13-35(14-4-1)37-23-27-41(28-24-37)55-47-20-10-7-17-42(47)45-31-38(25-29-49(45)55)39-26-30-50-46(32-39)43-18-8-11-21-48(43)56(50)51-33-40(36-15-5-2-6-16-36)34-53-54(51)44-19-9-12-22-52(44)57-53/h1-34H/i1D,3D,4D,7D,8D,10D,11D,13D,14D,17D,18D,20D,21D,22D,23D,24D,25D,26D,27D,28D,29D,30D,31D,32D,34D. The summed E-state index contributed by atoms with van der Waals surface area (Å²) in [7, 11) is 0. The lowest BCUT2D eigenvalue weighted by Crippen LogP contribution is -1.96. The molecule has 0 radical (unpaired) electrons. The molecule has 0 amide bonds. The third-order valence-electron chi connectivity index (χ3n) is 9.78. The van der Waals surface area contributed by atoms with Crippen LogP contribution in [-0.4, -0.2) is 9.13 Å². The van der Waals surface area contributed by atoms with Crippen LogP contribution >= 0.6 is 11.3 Å². The number of aromatic nitrogens is 2. The largest absolute Gasteiger partial charge is 0.309 e. The van der Waals surface area contributed by atoms with Crippen molar-refractivity contribution in [3.63, 3.8) is 0 Å². The molecule has 0 spiro atoms. The number of para-hydroxylation sites is 2. The normalized spacial score (nSPS) is 18.0. The molecule has 3 aromatic heterocycles. The van der Waals surface area contributed by atoms with Gasteiger partial charge in [0, 0.05) is 47.4 Å². The zero-order valence-electron chi connectivity index (χ0n) is 54.0. The third-order valence-corrected chi connectivity index (χ3v) is 10.8. The number of hydrogen-bond acceptors (Lipinski definition) is 1. The van der Waals surface area contributed by atoms with Crippen molar-refractivity contribution in [1.29, 1.82) is 0 Å². The van der Waals surface area contributed by atoms with Crippen LogP contribution in [0, 0.1) is 0 Å². The predicted molar refractivity (Wildman–Crippen MR) is 244 cm³/mol. The molecule has 12 aromatic rings. The van der Waals surface area contributed by atoms with Gasteiger partial charge in [0.15, 0.2) is 0 Å². The Balaban J connectivity index is 1.24. The Labute approximate surface area is 368 Å². The van der Waals surface area contributed by atoms with E-state index in [1.807, 2.05) is 0 Å². The van der Waals surface area contributed by atoms with Crippen molar-refractivity contribution in [1.82, 2.24) is 9.13 Å². The lowest BCUT2D eigenvalue weighted by Gasteiger charge is -2.13. The van der Waals surface area contributed by atoms with Crippen LogP contribution < -0.4 is 0 Å². The van der Waals surface area contributed by atoms with E-state index >= 15 is 0 Å². The first kappa shape index (κ1) is 16.1. The van der Waals surface area contributed by atoms with Crippen LogP contribution in [-0.2, 0) is 0 Å². The average Bonchev–Trinajstić information content (AvgIpc) is 1.72. The van der Waals surface area contributed by atoms with Crippen molar-refractivity contribution in [2.45, 2.75) is 0 Å². The van der Waals surface area contributed by atoms with Gasteiger partial charge < -0.3 is 9.13 Å². The highest BCUT2D eigenvalue weighted by Crippen LogP contribution is 2.44. The SMILES string of the molecule is [2H]c1c([2H])c([2H])c(-c2c([2H])c([2H])c(-n3c4c([2H])c([2H])c([2H])c([2H])c4c4c([2H])c(-c5c([2H])c([2H])c6c(c5[2H])c5c([2H])c([2H])c([2H])c([2H])c5n6-c5cc(-c6ccccc6)c([2H])c6sc7c([2H])cccc7c56)c([2H])c([2H])c43)c([2H])c2[2H])c([2H])c1[2H]. The van der Waals surface area contributed by atoms with E-state index in [4.69, 9.17) is 13.7 Å². The first-order valence-electron chi connectivity index (χ1n) is 30.0. The summed E-state index contributed by atoms with van der Waals surface area (Å²) in [6, 6.07) is -3.99. The number of rotatable bonds is 5. The van der Waals surface area contributed by atoms with E-state index in [-0.39, 0.29) is 39.6 Å². The molecule has 2 nitrogen and oxygen atoms in total. The molecule has 0 atom stereocenters. The highest BCUT2D eigenvalue weighted by atomic mass is 32.1. The second-order valence-corrected chi connectivity index (χ2v) is 14.0. The smallest absolute Gasteiger partial charge is 0.0645 e. The quantitative estimate of drug-likeness (QED) is 0.165. The Hall–Kier alpha value is -7.20. The van der Waals surface area contributed by atoms with Crippen molar-refractivity contribution in [2.75, 3.05) is 0 Å². The topological polar surface area (TPSA) is 9.86 Å². The van der Waals surface area contributed by atoms with E-state index in [0.29, 0.717) is 31.3 Å². The van der Waals surface area contributed by atoms with Crippen LogP contribution in [0.1, 0.15) is 34.3 Å². The van der Waals surface area contributed by atoms with E-state index in [1.54, 1.807) is 54.6 Å². The zero-order valence-corrected chi connectivity index (χ0v) is 29.8. The van der Waals surface area contributed by atoms with Gasteiger partial charge in [-0.25, -0.2) is 0 Å². The van der Waals surface area contributed by atoms with Crippen LogP contribution in [0.15, 0.2) is 206 Å². The van der Waals surface area contributed by atoms with Gasteiger partial charge >= 0.3 is 0 Å². The predicted octanol–water partition coefficient (Wildman–Crippen LogP) is 15.2. The van der Waals surface area contributed by atoms with Crippen molar-refractivity contribution in [3.8, 4) is 44.8 Å². The number of benzene rings is 9. The second kappa shape index (κ2) is 12.7. The van der Waals surface area contributed by atoms with Crippen molar-refractivity contribution < 1.29 is 34.3 Å². The second-order valence-electron chi connectivity index (χ2n) is 12.9. The van der Waals surface area contributed by atoms with Crippen molar-refractivity contribution in [3.05, 3.63) is 206 Å². The summed E-state index contributed by atoms with van der Waals surface area (Å²) in [5.41, 5.74) is -4.34. The van der Waals surface area contributed by atoms with Gasteiger partial charge in [-0.15, -0.1) is 11.3 Å². The molecule has 0 saturated heterocycles. The summed E-state index contributed by atoms with van der Waals surface area (Å²) in [5, 5.41) is -0.959. The van der Waals surface area contributed by atoms with Gasteiger partial charge in [-0.05, 0) is 99.9 Å². The lowest BCUT2D eigenvalue weighted by atomic mass is 10.0. The van der Waals surface area contributed by atoms with Gasteiger partial charge in [0.2, 0.25) is 0 Å². The van der Waals surface area contributed by atoms with Crippen LogP contribution in [0.4, 0.5) is 0 Å². The zero-order chi connectivity index (χ0) is 59.2. The van der Waals surface area contributed by atoms with Gasteiger partial charge in [-0.2, -0.15) is 0 Å². The monoisotopic (exact) mass is 767 g/mol. The molecule has 0 saturated carbocycles. The highest BCUT2D eigenvalue weighted by Gasteiger charge is 2.20. The molecular formula is C54H34N2S. The minimum Gasteiger partial charge on any atom is -0.309 e. The molecule has 12 rings (SSSR count). The average molecular weight is 768 g/mol. The number of fused-ring (bicyclic) bond motifs is 9. The Bertz CT molecular complexity index is 4930. The summed E-state index contributed by atoms with van der Waals surface area (Å²) in [4.78, 5) is 0. The van der Waals surface area contributed by atoms with E-state index in [0.717, 1.165) is 15.9 Å². The first-order valence-corrected chi connectivity index (χ1v) is 18.3. The molecule has 0 N–H and O–H groups in total. The number of thiophene rings is 1. The van der Waals surface area contributed by atoms with Crippen molar-refractivity contribution >= 4 is 75.1 Å². The minimum absolute atomic E-state index is 0.0614. The summed E-state index contributed by atoms with van der Waals surface area (Å²) in [5.74, 6) is 0. The van der Waals surface area contributed by atoms with E-state index in [2.05, 4.69) is 0 Å². The summed E-state index contributed by atoms with van der Waals surface area (Å²) < 4.78 is 232. The Morgan fingerprint density at radius 1 is 0.368 bits per heavy atom. The molecule has 0 aliphatic rings. The summed E-state index contributed by atoms with van der Waals surface area (Å²) >= 11 is 1.14. The van der Waals surface area contributed by atoms with Crippen LogP contribution in [0.3, 0.4) is 0 Å². The minimum atomic E-state index is -0.996. The van der Waals surface area contributed by atoms with Gasteiger partial charge in [-0.3, -0.25) is 0 Å². The summed E-state index contributed by atoms with van der Waals surface area (Å²) in [6.45, 7) is 0. The van der Waals surface area contributed by atoms with E-state index < -0.39 is 189 Å². The molecule has 0 unspecified atom stereocenters. The maximum atomic E-state index is 10.1. The van der Waals surface area contributed by atoms with Crippen LogP contribution in [0.5, 0.6) is 0 Å². The fourth-order valence-corrected chi connectivity index (χ4v) is 8.39. The molecule has 0 bridgehead atoms. The molecule has 57 heavy (non-hydrogen) atoms. The fraction of sp³-hybridized carbons (Fsp3) is 0. The molecular weight excluding hydrogens is 709 g/mol. The third kappa shape index (κ3) is 5.03. The van der Waals surface area contributed by atoms with E-state index in [1.165, 1.54) is 4.57 Å². The molecule has 0 aliphatic carbocycles. The highest BCUT2D eigenvalue weighted by molar-refractivity contribution is 7.26. The van der Waals surface area contributed by atoms with Gasteiger partial charge in [0.05, 0.1) is 62.0 Å². The maximum absolute atomic E-state index is 10.1. The maximum Gasteiger partial charge on any atom is 0.0645 e. The summed E-state index contributed by atoms with van der Waals surface area (Å²) in [6.07, 6.45) is 0. The molecule has 0 aliphatic heterocycles. The molecule has 3 heterocycles. The number of hydrogen-bond donors (Lipinski definition) is 0. The number of nitrogens with zero attached hydrogens (tertiary/aromatic N) is 2. The molecule has 0 fully saturated rings. The molecule has 9 aromatic carbocycles. The van der Waals surface area contributed by atoms with Gasteiger partial charge in [0.25, 0.3) is 0 Å². The van der Waals surface area contributed by atoms with Gasteiger partial charge in [0.1, 0.15) is 0 Å². The lowest BCUT2D eigenvalue weighted by molar-refractivity contribution is 1.18. The first-order chi connectivity index (χ1) is 38.7. The van der Waals surface area contributed by atoms with Crippen molar-refractivity contribution in [2.24, 2.45) is 0 Å². The van der Waals surface area contributed by atoms with Gasteiger partial charge in [-0.1, -0.05) is 139 Å². The fourth-order valence-electron chi connectivity index (χ4n) is 7.30. The van der Waals surface area contributed by atoms with Crippen LogP contribution in [0.25, 0.3) is 109 Å². The Kier molecular flexibility index (Phi) is 3.58. The Morgan fingerprint density at radius 2 is 0.947 bits per heavy atom. The Morgan fingerprint density at radius 3 is 1.67 bits per heavy atom. The molecule has 3 heteroatoms. The van der Waals surface area contributed by atoms with Crippen LogP contribution in [0.2, 0.25) is 0 Å².